The van der Waals surface area contributed by atoms with Gasteiger partial charge in [-0.25, -0.2) is 0 Å². The fourth-order valence-electron chi connectivity index (χ4n) is 2.77. The van der Waals surface area contributed by atoms with Crippen LogP contribution in [-0.4, -0.2) is 4.92 Å². The van der Waals surface area contributed by atoms with E-state index in [9.17, 15) is 15.4 Å². The van der Waals surface area contributed by atoms with Gasteiger partial charge in [0.1, 0.15) is 12.4 Å². The van der Waals surface area contributed by atoms with Crippen LogP contribution in [0.2, 0.25) is 0 Å². The molecular formula is C23H16Br2N2O3. The minimum Gasteiger partial charge on any atom is -0.487 e. The van der Waals surface area contributed by atoms with E-state index in [1.807, 2.05) is 43.3 Å². The molecule has 7 heteroatoms. The monoisotopic (exact) mass is 526 g/mol. The standard InChI is InChI=1S/C23H16Br2N2O3/c1-15-5-7-16(8-6-15)14-30-23-21(24)10-17(11-22(23)25)9-19(13-26)18-3-2-4-20(12-18)27(28)29/h2-12H,14H2,1H3/b19-9-. The van der Waals surface area contributed by atoms with Crippen molar-refractivity contribution in [3.63, 3.8) is 0 Å². The van der Waals surface area contributed by atoms with Crippen molar-refractivity contribution in [1.82, 2.24) is 0 Å². The Balaban J connectivity index is 1.86. The second kappa shape index (κ2) is 9.70. The lowest BCUT2D eigenvalue weighted by molar-refractivity contribution is -0.384. The molecule has 0 unspecified atom stereocenters. The quantitative estimate of drug-likeness (QED) is 0.149. The van der Waals surface area contributed by atoms with Gasteiger partial charge in [-0.2, -0.15) is 5.26 Å². The van der Waals surface area contributed by atoms with Crippen LogP contribution in [0.5, 0.6) is 5.75 Å². The first kappa shape index (κ1) is 21.8. The molecule has 0 spiro atoms. The molecule has 0 heterocycles. The summed E-state index contributed by atoms with van der Waals surface area (Å²) in [4.78, 5) is 10.5. The van der Waals surface area contributed by atoms with Crippen molar-refractivity contribution in [3.8, 4) is 11.8 Å². The zero-order valence-electron chi connectivity index (χ0n) is 15.9. The first-order valence-electron chi connectivity index (χ1n) is 8.91. The number of nitro groups is 1. The van der Waals surface area contributed by atoms with Crippen molar-refractivity contribution in [1.29, 1.82) is 5.26 Å². The molecule has 0 N–H and O–H groups in total. The van der Waals surface area contributed by atoms with Gasteiger partial charge in [0.05, 0.1) is 25.5 Å². The summed E-state index contributed by atoms with van der Waals surface area (Å²) in [7, 11) is 0. The van der Waals surface area contributed by atoms with Crippen molar-refractivity contribution in [2.45, 2.75) is 13.5 Å². The Kier molecular flexibility index (Phi) is 7.03. The van der Waals surface area contributed by atoms with E-state index in [4.69, 9.17) is 4.74 Å². The highest BCUT2D eigenvalue weighted by atomic mass is 79.9. The second-order valence-electron chi connectivity index (χ2n) is 6.57. The molecule has 3 aromatic rings. The third kappa shape index (κ3) is 5.35. The molecule has 0 bridgehead atoms. The normalized spacial score (nSPS) is 11.1. The van der Waals surface area contributed by atoms with Crippen LogP contribution in [0, 0.1) is 28.4 Å². The lowest BCUT2D eigenvalue weighted by Crippen LogP contribution is -1.97. The maximum absolute atomic E-state index is 11.0. The molecule has 0 saturated heterocycles. The van der Waals surface area contributed by atoms with Crippen molar-refractivity contribution in [2.75, 3.05) is 0 Å². The molecule has 0 aliphatic rings. The van der Waals surface area contributed by atoms with Crippen LogP contribution in [0.3, 0.4) is 0 Å². The summed E-state index contributed by atoms with van der Waals surface area (Å²) in [6, 6.07) is 19.9. The Morgan fingerprint density at radius 3 is 2.40 bits per heavy atom. The van der Waals surface area contributed by atoms with Crippen LogP contribution >= 0.6 is 31.9 Å². The fourth-order valence-corrected chi connectivity index (χ4v) is 4.23. The average molecular weight is 528 g/mol. The van der Waals surface area contributed by atoms with Crippen LogP contribution in [0.25, 0.3) is 11.6 Å². The molecule has 0 aliphatic carbocycles. The molecule has 0 atom stereocenters. The number of nitro benzene ring substituents is 1. The topological polar surface area (TPSA) is 76.2 Å². The van der Waals surface area contributed by atoms with E-state index in [2.05, 4.69) is 37.9 Å². The molecule has 0 radical (unpaired) electrons. The highest BCUT2D eigenvalue weighted by Crippen LogP contribution is 2.36. The van der Waals surface area contributed by atoms with Crippen LogP contribution in [0.4, 0.5) is 5.69 Å². The highest BCUT2D eigenvalue weighted by molar-refractivity contribution is 9.11. The number of aryl methyl sites for hydroxylation is 1. The van der Waals surface area contributed by atoms with Crippen molar-refractivity contribution < 1.29 is 9.66 Å². The summed E-state index contributed by atoms with van der Waals surface area (Å²) in [5, 5.41) is 20.6. The Labute approximate surface area is 191 Å². The molecule has 0 aliphatic heterocycles. The number of halogens is 2. The summed E-state index contributed by atoms with van der Waals surface area (Å²) in [6.45, 7) is 2.46. The summed E-state index contributed by atoms with van der Waals surface area (Å²) in [5.74, 6) is 0.654. The van der Waals surface area contributed by atoms with Gasteiger partial charge in [0, 0.05) is 12.1 Å². The number of ether oxygens (including phenoxy) is 1. The largest absolute Gasteiger partial charge is 0.487 e. The maximum Gasteiger partial charge on any atom is 0.270 e. The lowest BCUT2D eigenvalue weighted by atomic mass is 10.0. The first-order chi connectivity index (χ1) is 14.4. The molecule has 5 nitrogen and oxygen atoms in total. The Morgan fingerprint density at radius 1 is 1.13 bits per heavy atom. The SMILES string of the molecule is Cc1ccc(COc2c(Br)cc(/C=C(/C#N)c3cccc([N+](=O)[O-])c3)cc2Br)cc1. The Bertz CT molecular complexity index is 1140. The number of non-ortho nitro benzene ring substituents is 1. The number of hydrogen-bond acceptors (Lipinski definition) is 4. The number of nitrogens with zero attached hydrogens (tertiary/aromatic N) is 2. The molecular weight excluding hydrogens is 512 g/mol. The van der Waals surface area contributed by atoms with Gasteiger partial charge in [-0.15, -0.1) is 0 Å². The minimum atomic E-state index is -0.480. The smallest absolute Gasteiger partial charge is 0.270 e. The third-order valence-corrected chi connectivity index (χ3v) is 5.50. The predicted octanol–water partition coefficient (Wildman–Crippen LogP) is 7.07. The summed E-state index contributed by atoms with van der Waals surface area (Å²) in [5.41, 5.74) is 3.75. The van der Waals surface area contributed by atoms with Gasteiger partial charge in [0.15, 0.2) is 0 Å². The third-order valence-electron chi connectivity index (χ3n) is 4.32. The van der Waals surface area contributed by atoms with E-state index >= 15 is 0 Å². The van der Waals surface area contributed by atoms with Gasteiger partial charge >= 0.3 is 0 Å². The minimum absolute atomic E-state index is 0.0594. The van der Waals surface area contributed by atoms with Crippen LogP contribution in [-0.2, 0) is 6.61 Å². The number of hydrogen-bond donors (Lipinski definition) is 0. The van der Waals surface area contributed by atoms with Gasteiger partial charge < -0.3 is 4.74 Å². The van der Waals surface area contributed by atoms with Crippen molar-refractivity contribution in [2.24, 2.45) is 0 Å². The number of nitriles is 1. The molecule has 0 aromatic heterocycles. The van der Waals surface area contributed by atoms with E-state index in [-0.39, 0.29) is 5.69 Å². The lowest BCUT2D eigenvalue weighted by Gasteiger charge is -2.12. The molecule has 0 saturated carbocycles. The van der Waals surface area contributed by atoms with Gasteiger partial charge in [-0.05, 0) is 73.7 Å². The van der Waals surface area contributed by atoms with E-state index in [1.165, 1.54) is 17.7 Å². The molecule has 0 amide bonds. The molecule has 3 rings (SSSR count). The van der Waals surface area contributed by atoms with Crippen LogP contribution < -0.4 is 4.74 Å². The average Bonchev–Trinajstić information content (AvgIpc) is 2.72. The number of benzene rings is 3. The van der Waals surface area contributed by atoms with Crippen LogP contribution in [0.15, 0.2) is 69.6 Å². The van der Waals surface area contributed by atoms with E-state index in [0.717, 1.165) is 20.1 Å². The predicted molar refractivity (Wildman–Crippen MR) is 124 cm³/mol. The number of allylic oxidation sites excluding steroid dienone is 1. The van der Waals surface area contributed by atoms with Crippen molar-refractivity contribution >= 4 is 49.2 Å². The van der Waals surface area contributed by atoms with Crippen LogP contribution in [0.1, 0.15) is 22.3 Å². The maximum atomic E-state index is 11.0. The van der Waals surface area contributed by atoms with Gasteiger partial charge in [0.25, 0.3) is 5.69 Å². The second-order valence-corrected chi connectivity index (χ2v) is 8.27. The number of rotatable bonds is 6. The van der Waals surface area contributed by atoms with Crippen molar-refractivity contribution in [3.05, 3.63) is 102 Å². The zero-order chi connectivity index (χ0) is 21.7. The van der Waals surface area contributed by atoms with E-state index in [0.29, 0.717) is 23.5 Å². The summed E-state index contributed by atoms with van der Waals surface area (Å²) in [6.07, 6.45) is 1.68. The van der Waals surface area contributed by atoms with E-state index < -0.39 is 4.92 Å². The van der Waals surface area contributed by atoms with Gasteiger partial charge in [0.2, 0.25) is 0 Å². The summed E-state index contributed by atoms with van der Waals surface area (Å²) < 4.78 is 7.41. The molecule has 0 fully saturated rings. The molecule has 30 heavy (non-hydrogen) atoms. The Hall–Kier alpha value is -2.95. The summed E-state index contributed by atoms with van der Waals surface area (Å²) >= 11 is 7.05. The highest BCUT2D eigenvalue weighted by Gasteiger charge is 2.12. The Morgan fingerprint density at radius 2 is 1.80 bits per heavy atom. The molecule has 150 valence electrons. The molecule has 3 aromatic carbocycles. The van der Waals surface area contributed by atoms with Gasteiger partial charge in [-0.3, -0.25) is 10.1 Å². The zero-order valence-corrected chi connectivity index (χ0v) is 19.1. The first-order valence-corrected chi connectivity index (χ1v) is 10.5. The van der Waals surface area contributed by atoms with Gasteiger partial charge in [-0.1, -0.05) is 42.0 Å². The fraction of sp³-hybridized carbons (Fsp3) is 0.0870. The van der Waals surface area contributed by atoms with E-state index in [1.54, 1.807) is 18.2 Å².